The lowest BCUT2D eigenvalue weighted by Gasteiger charge is -2.71. The Morgan fingerprint density at radius 3 is 2.28 bits per heavy atom. The lowest BCUT2D eigenvalue weighted by Crippen LogP contribution is -2.86. The van der Waals surface area contributed by atoms with Gasteiger partial charge in [-0.25, -0.2) is 0 Å². The zero-order valence-corrected chi connectivity index (χ0v) is 28.7. The van der Waals surface area contributed by atoms with Crippen LogP contribution in [0.15, 0.2) is 35.4 Å². The molecule has 2 heterocycles. The summed E-state index contributed by atoms with van der Waals surface area (Å²) >= 11 is 0. The van der Waals surface area contributed by atoms with Crippen LogP contribution in [0.25, 0.3) is 11.3 Å². The lowest BCUT2D eigenvalue weighted by molar-refractivity contribution is -0.373. The molecule has 1 aliphatic heterocycles. The van der Waals surface area contributed by atoms with Crippen molar-refractivity contribution in [3.8, 4) is 28.5 Å². The van der Waals surface area contributed by atoms with Crippen molar-refractivity contribution in [2.75, 3.05) is 21.3 Å². The number of aliphatic hydroxyl groups is 2. The second-order valence-electron chi connectivity index (χ2n) is 14.2. The van der Waals surface area contributed by atoms with Crippen LogP contribution in [0.2, 0.25) is 0 Å². The number of methoxy groups -OCH3 is 3. The predicted octanol–water partition coefficient (Wildman–Crippen LogP) is 4.43. The Labute approximate surface area is 275 Å². The summed E-state index contributed by atoms with van der Waals surface area (Å²) in [6, 6.07) is 5.13. The van der Waals surface area contributed by atoms with E-state index in [1.54, 1.807) is 39.2 Å². The molecule has 3 fully saturated rings. The van der Waals surface area contributed by atoms with E-state index in [2.05, 4.69) is 11.7 Å². The summed E-state index contributed by atoms with van der Waals surface area (Å²) in [5, 5.41) is 29.1. The van der Waals surface area contributed by atoms with Gasteiger partial charge in [0, 0.05) is 42.9 Å². The molecule has 0 unspecified atom stereocenters. The van der Waals surface area contributed by atoms with Gasteiger partial charge >= 0.3 is 5.97 Å². The molecule has 2 N–H and O–H groups in total. The van der Waals surface area contributed by atoms with Gasteiger partial charge < -0.3 is 43.2 Å². The molecule has 1 aromatic carbocycles. The molecule has 3 aliphatic rings. The number of ketones is 1. The molecule has 0 amide bonds. The van der Waals surface area contributed by atoms with Gasteiger partial charge in [-0.15, -0.1) is 6.58 Å². The molecular weight excluding hydrogens is 610 g/mol. The normalized spacial score (nSPS) is 36.1. The van der Waals surface area contributed by atoms with Crippen LogP contribution >= 0.6 is 0 Å². The first-order valence-electron chi connectivity index (χ1n) is 15.8. The molecule has 12 nitrogen and oxygen atoms in total. The molecular formula is C35H47NO11. The molecule has 5 rings (SSSR count). The van der Waals surface area contributed by atoms with Crippen molar-refractivity contribution >= 4 is 11.8 Å². The fraction of sp³-hybridized carbons (Fsp3) is 0.629. The monoisotopic (exact) mass is 657 g/mol. The highest BCUT2D eigenvalue weighted by Crippen LogP contribution is 2.67. The van der Waals surface area contributed by atoms with Crippen molar-refractivity contribution in [3.63, 3.8) is 0 Å². The number of hydrogen-bond donors (Lipinski definition) is 2. The topological polar surface area (TPSA) is 156 Å². The summed E-state index contributed by atoms with van der Waals surface area (Å²) in [5.41, 5.74) is -6.28. The minimum Gasteiger partial charge on any atom is -0.496 e. The van der Waals surface area contributed by atoms with Crippen molar-refractivity contribution in [3.05, 3.63) is 36.6 Å². The lowest BCUT2D eigenvalue weighted by atomic mass is 9.39. The third kappa shape index (κ3) is 5.15. The Kier molecular flexibility index (Phi) is 8.83. The second-order valence-corrected chi connectivity index (χ2v) is 14.2. The number of benzene rings is 1. The number of rotatable bonds is 9. The van der Waals surface area contributed by atoms with Crippen LogP contribution in [-0.2, 0) is 30.4 Å². The summed E-state index contributed by atoms with van der Waals surface area (Å²) in [6.45, 7) is 14.0. The molecule has 0 spiro atoms. The number of ether oxygens (including phenoxy) is 6. The molecule has 0 radical (unpaired) electrons. The molecule has 0 bridgehead atoms. The average Bonchev–Trinajstić information content (AvgIpc) is 3.48. The van der Waals surface area contributed by atoms with Gasteiger partial charge in [-0.3, -0.25) is 9.59 Å². The number of Topliss-reactive ketones (excluding diaryl/α,β-unsaturated/α-hetero) is 1. The Hall–Kier alpha value is -3.45. The van der Waals surface area contributed by atoms with E-state index in [1.165, 1.54) is 34.1 Å². The Balaban J connectivity index is 1.56. The molecule has 47 heavy (non-hydrogen) atoms. The predicted molar refractivity (Wildman–Crippen MR) is 169 cm³/mol. The van der Waals surface area contributed by atoms with E-state index in [-0.39, 0.29) is 13.0 Å². The number of hydrogen-bond acceptors (Lipinski definition) is 12. The first kappa shape index (κ1) is 34.9. The van der Waals surface area contributed by atoms with Crippen LogP contribution in [-0.4, -0.2) is 83.6 Å². The molecule has 2 saturated carbocycles. The van der Waals surface area contributed by atoms with Crippen LogP contribution < -0.4 is 14.2 Å². The minimum absolute atomic E-state index is 0.0613. The molecule has 12 heteroatoms. The summed E-state index contributed by atoms with van der Waals surface area (Å²) in [4.78, 5) is 26.8. The van der Waals surface area contributed by atoms with E-state index in [1.807, 2.05) is 13.8 Å². The first-order chi connectivity index (χ1) is 22.0. The van der Waals surface area contributed by atoms with Crippen LogP contribution in [0.1, 0.15) is 66.6 Å². The van der Waals surface area contributed by atoms with Gasteiger partial charge in [0.15, 0.2) is 17.1 Å². The second kappa shape index (κ2) is 11.9. The Morgan fingerprint density at radius 1 is 1.09 bits per heavy atom. The van der Waals surface area contributed by atoms with Crippen molar-refractivity contribution in [2.24, 2.45) is 16.7 Å². The molecule has 1 saturated heterocycles. The maximum Gasteiger partial charge on any atom is 0.303 e. The number of nitrogens with zero attached hydrogens (tertiary/aromatic N) is 1. The van der Waals surface area contributed by atoms with Crippen molar-refractivity contribution in [1.82, 2.24) is 5.16 Å². The molecule has 2 aromatic rings. The number of carbonyl (C=O) groups is 2. The highest BCUT2D eigenvalue weighted by Gasteiger charge is 2.81. The smallest absolute Gasteiger partial charge is 0.303 e. The number of esters is 1. The Bertz CT molecular complexity index is 1530. The quantitative estimate of drug-likeness (QED) is 0.290. The largest absolute Gasteiger partial charge is 0.496 e. The zero-order valence-electron chi connectivity index (χ0n) is 28.7. The average molecular weight is 658 g/mol. The van der Waals surface area contributed by atoms with Gasteiger partial charge in [-0.2, -0.15) is 0 Å². The van der Waals surface area contributed by atoms with Gasteiger partial charge in [0.05, 0.1) is 38.6 Å². The van der Waals surface area contributed by atoms with Gasteiger partial charge in [0.2, 0.25) is 0 Å². The third-order valence-corrected chi connectivity index (χ3v) is 11.0. The van der Waals surface area contributed by atoms with Gasteiger partial charge in [0.25, 0.3) is 0 Å². The molecule has 2 aliphatic carbocycles. The van der Waals surface area contributed by atoms with E-state index < -0.39 is 63.6 Å². The molecule has 8 atom stereocenters. The van der Waals surface area contributed by atoms with Crippen molar-refractivity contribution in [1.29, 1.82) is 0 Å². The van der Waals surface area contributed by atoms with Gasteiger partial charge in [0.1, 0.15) is 47.4 Å². The summed E-state index contributed by atoms with van der Waals surface area (Å²) in [7, 11) is 4.60. The van der Waals surface area contributed by atoms with Gasteiger partial charge in [-0.1, -0.05) is 32.0 Å². The fourth-order valence-corrected chi connectivity index (χ4v) is 8.77. The van der Waals surface area contributed by atoms with E-state index >= 15 is 0 Å². The van der Waals surface area contributed by atoms with E-state index in [9.17, 15) is 19.8 Å². The van der Waals surface area contributed by atoms with Crippen LogP contribution in [0.3, 0.4) is 0 Å². The van der Waals surface area contributed by atoms with Crippen molar-refractivity contribution in [2.45, 2.75) is 103 Å². The maximum absolute atomic E-state index is 14.3. The molecule has 1 aromatic heterocycles. The first-order valence-corrected chi connectivity index (χ1v) is 15.8. The number of carbonyl (C=O) groups excluding carboxylic acids is 2. The molecule has 258 valence electrons. The van der Waals surface area contributed by atoms with Crippen molar-refractivity contribution < 1.29 is 52.7 Å². The number of aliphatic hydroxyl groups excluding tert-OH is 1. The number of fused-ring (bicyclic) bond motifs is 3. The minimum atomic E-state index is -2.23. The van der Waals surface area contributed by atoms with Gasteiger partial charge in [-0.05, 0) is 32.1 Å². The van der Waals surface area contributed by atoms with E-state index in [4.69, 9.17) is 32.9 Å². The van der Waals surface area contributed by atoms with Crippen LogP contribution in [0.4, 0.5) is 0 Å². The standard InChI is InChI=1S/C35H47NO11/c1-11-32(5)17-25(38)35(40)33(6)26(12-13-31(3,4)29(33)28(45-19(2)37)30(39)34(35,7)47-32)44-18-21-14-22(36-46-21)27-23(42-9)15-20(41-8)16-24(27)43-10/h11,14-16,26,28-30,39-40H,1,12-13,17-18H2,2-10H3/t26-,28-,29-,30-,32-,33-,34+,35-/m0/s1. The van der Waals surface area contributed by atoms with Crippen LogP contribution in [0, 0.1) is 16.7 Å². The summed E-state index contributed by atoms with van der Waals surface area (Å²) in [6.07, 6.45) is -1.04. The maximum atomic E-state index is 14.3. The highest BCUT2D eigenvalue weighted by molar-refractivity contribution is 5.92. The van der Waals surface area contributed by atoms with E-state index in [0.29, 0.717) is 47.1 Å². The highest BCUT2D eigenvalue weighted by atomic mass is 16.6. The Morgan fingerprint density at radius 2 is 1.72 bits per heavy atom. The SMILES string of the molecule is C=C[C@@]1(C)CC(=O)[C@]2(O)[C@@]3(C)[C@@H](OCc4cc(-c5c(OC)cc(OC)cc5OC)no4)CCC(C)(C)[C@@H]3[C@H](OC(C)=O)[C@H](O)[C@@]2(C)O1. The van der Waals surface area contributed by atoms with Crippen LogP contribution in [0.5, 0.6) is 17.2 Å². The van der Waals surface area contributed by atoms with E-state index in [0.717, 1.165) is 0 Å². The fourth-order valence-electron chi connectivity index (χ4n) is 8.77. The number of aromatic nitrogens is 1. The summed E-state index contributed by atoms with van der Waals surface area (Å²) in [5.74, 6) is 0.0366. The summed E-state index contributed by atoms with van der Waals surface area (Å²) < 4.78 is 41.1. The third-order valence-electron chi connectivity index (χ3n) is 11.0. The zero-order chi connectivity index (χ0) is 34.7.